The van der Waals surface area contributed by atoms with Crippen molar-refractivity contribution < 1.29 is 39.3 Å². The molecule has 0 spiro atoms. The van der Waals surface area contributed by atoms with E-state index in [-0.39, 0.29) is 55.1 Å². The average Bonchev–Trinajstić information content (AvgIpc) is 3.16. The first-order chi connectivity index (χ1) is 30.3. The molecule has 0 saturated heterocycles. The van der Waals surface area contributed by atoms with E-state index in [0.29, 0.717) is 17.8 Å². The maximum absolute atomic E-state index is 13.5. The predicted octanol–water partition coefficient (Wildman–Crippen LogP) is 12.1. The van der Waals surface area contributed by atoms with E-state index in [4.69, 9.17) is 26.9 Å². The minimum Gasteiger partial charge on any atom is -0.481 e. The molecule has 9 nitrogen and oxygen atoms in total. The van der Waals surface area contributed by atoms with Gasteiger partial charge in [-0.1, -0.05) is 13.8 Å². The van der Waals surface area contributed by atoms with Crippen LogP contribution in [0.25, 0.3) is 0 Å². The van der Waals surface area contributed by atoms with E-state index in [2.05, 4.69) is 19.2 Å². The number of nitrogens with one attached hydrogen (secondary N) is 1. The predicted molar refractivity (Wildman–Crippen MR) is 246 cm³/mol. The summed E-state index contributed by atoms with van der Waals surface area (Å²) in [6.45, 7) is 5.08. The molecule has 4 N–H and O–H groups in total. The van der Waals surface area contributed by atoms with Gasteiger partial charge in [-0.2, -0.15) is 0 Å². The highest BCUT2D eigenvalue weighted by Gasteiger charge is 2.57. The molecule has 0 aromatic heterocycles. The molecule has 0 heterocycles. The zero-order valence-electron chi connectivity index (χ0n) is 39.4. The van der Waals surface area contributed by atoms with Crippen LogP contribution >= 0.6 is 11.6 Å². The van der Waals surface area contributed by atoms with Crippen LogP contribution in [0.15, 0.2) is 0 Å². The number of rotatable bonds is 12. The fourth-order valence-corrected chi connectivity index (χ4v) is 20.0. The number of hydrogen-bond donors (Lipinski definition) is 4. The van der Waals surface area contributed by atoms with E-state index in [0.717, 1.165) is 103 Å². The highest BCUT2D eigenvalue weighted by molar-refractivity contribution is 6.64. The number of hydrogen-bond acceptors (Lipinski definition) is 5. The van der Waals surface area contributed by atoms with Crippen LogP contribution in [-0.2, 0) is 24.0 Å². The first kappa shape index (κ1) is 46.9. The minimum absolute atomic E-state index is 0.0288. The SMILES string of the molecule is CC12CC3CC(CC(C3)C1)C2.CC12CC3CC(CC(C3)C1)C2.O=C(Cl)C12CC3CC(CC(C3)C1)C2.O=C(O)CCC(CCC(=O)O)(CCC(=O)O)NC(=O)C12CC3CC(CC(C3)C1)C2. The summed E-state index contributed by atoms with van der Waals surface area (Å²) >= 11 is 5.76. The molecular weight excluding hydrogens is 826 g/mol. The van der Waals surface area contributed by atoms with Crippen molar-refractivity contribution in [2.75, 3.05) is 0 Å². The Kier molecular flexibility index (Phi) is 13.2. The van der Waals surface area contributed by atoms with Gasteiger partial charge in [0.05, 0.1) is 0 Å². The lowest BCUT2D eigenvalue weighted by Gasteiger charge is -2.56. The van der Waals surface area contributed by atoms with E-state index in [1.165, 1.54) is 38.5 Å². The van der Waals surface area contributed by atoms with E-state index in [1.807, 2.05) is 0 Å². The molecule has 0 radical (unpaired) electrons. The summed E-state index contributed by atoms with van der Waals surface area (Å²) in [5.74, 6) is 7.73. The highest BCUT2D eigenvalue weighted by Crippen LogP contribution is 2.63. The van der Waals surface area contributed by atoms with Crippen LogP contribution in [0.4, 0.5) is 0 Å². The second-order valence-corrected chi connectivity index (χ2v) is 26.9. The van der Waals surface area contributed by atoms with Gasteiger partial charge in [-0.15, -0.1) is 0 Å². The van der Waals surface area contributed by atoms with Gasteiger partial charge in [-0.25, -0.2) is 0 Å². The second kappa shape index (κ2) is 18.1. The number of halogens is 1. The smallest absolute Gasteiger partial charge is 0.303 e. The summed E-state index contributed by atoms with van der Waals surface area (Å²) < 4.78 is 0. The fraction of sp³-hybridized carbons (Fsp3) is 0.907. The lowest BCUT2D eigenvalue weighted by Crippen LogP contribution is -2.59. The number of carboxylic acids is 3. The molecule has 16 fully saturated rings. The van der Waals surface area contributed by atoms with Gasteiger partial charge in [-0.3, -0.25) is 24.0 Å². The number of carboxylic acid groups (broad SMARTS) is 3. The third kappa shape index (κ3) is 10.4. The first-order valence-electron chi connectivity index (χ1n) is 26.4. The molecular formula is C54H82ClNO8. The summed E-state index contributed by atoms with van der Waals surface area (Å²) in [5, 5.41) is 30.4. The standard InChI is InChI=1S/C21H31NO7.C11H15ClO.2C11H18/c23-16(24)1-4-21(5-2-17(25)26,6-3-18(27)28)22-19(29)20-10-13-7-14(11-20)9-15(8-13)12-20;12-10(13)11-4-7-1-8(5-11)3-9(2-7)6-11;2*1-11-5-8-2-9(6-11)4-10(3-8)7-11/h13-15H,1-12H2,(H,22,29)(H,23,24)(H,25,26)(H,27,28);7-9H,1-6H2;2*8-10H,2-7H2,1H3. The summed E-state index contributed by atoms with van der Waals surface area (Å²) in [5.41, 5.74) is -0.0644. The van der Waals surface area contributed by atoms with Crippen molar-refractivity contribution in [3.05, 3.63) is 0 Å². The van der Waals surface area contributed by atoms with Crippen molar-refractivity contribution >= 4 is 40.7 Å². The van der Waals surface area contributed by atoms with Crippen LogP contribution in [0.2, 0.25) is 0 Å². The maximum Gasteiger partial charge on any atom is 0.303 e. The quantitative estimate of drug-likeness (QED) is 0.141. The topological polar surface area (TPSA) is 158 Å². The van der Waals surface area contributed by atoms with Crippen molar-refractivity contribution in [3.63, 3.8) is 0 Å². The normalized spacial score (nSPS) is 45.0. The molecule has 16 aliphatic carbocycles. The van der Waals surface area contributed by atoms with Gasteiger partial charge >= 0.3 is 17.9 Å². The van der Waals surface area contributed by atoms with Crippen LogP contribution in [-0.4, -0.2) is 49.9 Å². The van der Waals surface area contributed by atoms with Gasteiger partial charge < -0.3 is 20.6 Å². The van der Waals surface area contributed by atoms with E-state index < -0.39 is 28.9 Å². The molecule has 16 aliphatic rings. The van der Waals surface area contributed by atoms with Crippen molar-refractivity contribution in [3.8, 4) is 0 Å². The van der Waals surface area contributed by atoms with Gasteiger partial charge in [0.2, 0.25) is 11.1 Å². The minimum atomic E-state index is -1.13. The van der Waals surface area contributed by atoms with Gasteiger partial charge in [0.15, 0.2) is 0 Å². The van der Waals surface area contributed by atoms with E-state index >= 15 is 0 Å². The third-order valence-electron chi connectivity index (χ3n) is 20.5. The van der Waals surface area contributed by atoms with Crippen LogP contribution in [0.3, 0.4) is 0 Å². The maximum atomic E-state index is 13.5. The number of amides is 1. The summed E-state index contributed by atoms with van der Waals surface area (Å²) in [6, 6.07) is 0. The summed E-state index contributed by atoms with van der Waals surface area (Å²) in [7, 11) is 0. The molecule has 0 aromatic rings. The Hall–Kier alpha value is -2.16. The molecule has 16 rings (SSSR count). The molecule has 0 aliphatic heterocycles. The number of aliphatic carboxylic acids is 3. The van der Waals surface area contributed by atoms with Crippen LogP contribution in [0, 0.1) is 92.7 Å². The zero-order chi connectivity index (χ0) is 45.2. The molecule has 10 heteroatoms. The number of carbonyl (C=O) groups is 5. The van der Waals surface area contributed by atoms with Gasteiger partial charge in [-0.05, 0) is 267 Å². The van der Waals surface area contributed by atoms with Crippen LogP contribution < -0.4 is 5.32 Å². The average molecular weight is 909 g/mol. The Morgan fingerprint density at radius 2 is 0.641 bits per heavy atom. The van der Waals surface area contributed by atoms with Crippen molar-refractivity contribution in [1.82, 2.24) is 5.32 Å². The van der Waals surface area contributed by atoms with Crippen molar-refractivity contribution in [1.29, 1.82) is 0 Å². The van der Waals surface area contributed by atoms with Crippen LogP contribution in [0.5, 0.6) is 0 Å². The Morgan fingerprint density at radius 1 is 0.422 bits per heavy atom. The third-order valence-corrected chi connectivity index (χ3v) is 20.9. The second-order valence-electron chi connectivity index (χ2n) is 26.5. The van der Waals surface area contributed by atoms with Gasteiger partial charge in [0, 0.05) is 35.6 Å². The fourth-order valence-electron chi connectivity index (χ4n) is 19.8. The first-order valence-corrected chi connectivity index (χ1v) is 26.8. The summed E-state index contributed by atoms with van der Waals surface area (Å²) in [4.78, 5) is 58.5. The lowest BCUT2D eigenvalue weighted by molar-refractivity contribution is -0.150. The molecule has 16 saturated carbocycles. The summed E-state index contributed by atoms with van der Waals surface area (Å²) in [6.07, 6.45) is 31.7. The largest absolute Gasteiger partial charge is 0.481 e. The lowest BCUT2D eigenvalue weighted by atomic mass is 9.49. The Bertz CT molecular complexity index is 1560. The number of carbonyl (C=O) groups excluding carboxylic acids is 2. The molecule has 358 valence electrons. The Morgan fingerprint density at radius 3 is 0.844 bits per heavy atom. The van der Waals surface area contributed by atoms with Gasteiger partial charge in [0.25, 0.3) is 0 Å². The molecule has 16 bridgehead atoms. The molecule has 64 heavy (non-hydrogen) atoms. The molecule has 1 amide bonds. The zero-order valence-corrected chi connectivity index (χ0v) is 40.2. The van der Waals surface area contributed by atoms with Gasteiger partial charge in [0.1, 0.15) is 0 Å². The molecule has 0 atom stereocenters. The van der Waals surface area contributed by atoms with Crippen molar-refractivity contribution in [2.45, 2.75) is 212 Å². The Labute approximate surface area is 388 Å². The Balaban J connectivity index is 0.000000120. The molecule has 0 unspecified atom stereocenters. The van der Waals surface area contributed by atoms with Crippen LogP contribution in [0.1, 0.15) is 206 Å². The van der Waals surface area contributed by atoms with E-state index in [9.17, 15) is 24.0 Å². The monoisotopic (exact) mass is 908 g/mol. The van der Waals surface area contributed by atoms with E-state index in [1.54, 1.807) is 77.0 Å². The van der Waals surface area contributed by atoms with Crippen molar-refractivity contribution in [2.24, 2.45) is 92.7 Å². The molecule has 0 aromatic carbocycles. The highest BCUT2D eigenvalue weighted by atomic mass is 35.5.